The van der Waals surface area contributed by atoms with Crippen LogP contribution >= 0.6 is 0 Å². The van der Waals surface area contributed by atoms with Crippen LogP contribution in [0.15, 0.2) is 53.1 Å². The first-order valence-electron chi connectivity index (χ1n) is 8.67. The van der Waals surface area contributed by atoms with Gasteiger partial charge in [-0.2, -0.15) is 0 Å². The standard InChI is InChI=1S/C21H21NO5/c1-3-14-4-6-16(7-5-14)22-20(23)13-27-21(24)10-15-12-26-19-11-17(25-2)8-9-18(15)19/h4-9,11-12H,3,10,13H2,1-2H3,(H,22,23). The normalized spacial score (nSPS) is 10.6. The number of hydrogen-bond donors (Lipinski definition) is 1. The molecule has 0 radical (unpaired) electrons. The molecular weight excluding hydrogens is 346 g/mol. The van der Waals surface area contributed by atoms with Crippen LogP contribution in [-0.2, 0) is 27.2 Å². The van der Waals surface area contributed by atoms with Gasteiger partial charge in [0.1, 0.15) is 11.3 Å². The van der Waals surface area contributed by atoms with Crippen LogP contribution in [0.25, 0.3) is 11.0 Å². The Bertz CT molecular complexity index is 943. The minimum absolute atomic E-state index is 0.0256. The van der Waals surface area contributed by atoms with Gasteiger partial charge in [0.15, 0.2) is 6.61 Å². The maximum absolute atomic E-state index is 12.0. The van der Waals surface area contributed by atoms with Crippen molar-refractivity contribution in [2.45, 2.75) is 19.8 Å². The fourth-order valence-electron chi connectivity index (χ4n) is 2.70. The molecule has 0 saturated heterocycles. The van der Waals surface area contributed by atoms with E-state index in [0.717, 1.165) is 11.8 Å². The van der Waals surface area contributed by atoms with Crippen LogP contribution in [0.2, 0.25) is 0 Å². The Kier molecular flexibility index (Phi) is 5.76. The van der Waals surface area contributed by atoms with Gasteiger partial charge in [-0.15, -0.1) is 0 Å². The molecule has 1 heterocycles. The van der Waals surface area contributed by atoms with Crippen molar-refractivity contribution < 1.29 is 23.5 Å². The maximum atomic E-state index is 12.0. The van der Waals surface area contributed by atoms with Crippen LogP contribution < -0.4 is 10.1 Å². The third kappa shape index (κ3) is 4.67. The highest BCUT2D eigenvalue weighted by Crippen LogP contribution is 2.26. The topological polar surface area (TPSA) is 77.8 Å². The maximum Gasteiger partial charge on any atom is 0.310 e. The van der Waals surface area contributed by atoms with Gasteiger partial charge in [-0.3, -0.25) is 9.59 Å². The van der Waals surface area contributed by atoms with Gasteiger partial charge in [0.25, 0.3) is 5.91 Å². The number of benzene rings is 2. The molecule has 1 N–H and O–H groups in total. The van der Waals surface area contributed by atoms with Crippen molar-refractivity contribution in [3.05, 3.63) is 59.9 Å². The number of methoxy groups -OCH3 is 1. The number of fused-ring (bicyclic) bond motifs is 1. The number of esters is 1. The van der Waals surface area contributed by atoms with Crippen molar-refractivity contribution in [3.63, 3.8) is 0 Å². The molecule has 1 aromatic heterocycles. The number of anilines is 1. The lowest BCUT2D eigenvalue weighted by Crippen LogP contribution is -2.21. The molecule has 0 spiro atoms. The number of ether oxygens (including phenoxy) is 2. The van der Waals surface area contributed by atoms with Gasteiger partial charge >= 0.3 is 5.97 Å². The lowest BCUT2D eigenvalue weighted by molar-refractivity contribution is -0.146. The van der Waals surface area contributed by atoms with Crippen LogP contribution in [0.5, 0.6) is 5.75 Å². The van der Waals surface area contributed by atoms with E-state index in [9.17, 15) is 9.59 Å². The first-order valence-corrected chi connectivity index (χ1v) is 8.67. The third-order valence-corrected chi connectivity index (χ3v) is 4.21. The van der Waals surface area contributed by atoms with Gasteiger partial charge in [-0.05, 0) is 36.2 Å². The molecule has 2 aromatic carbocycles. The van der Waals surface area contributed by atoms with E-state index < -0.39 is 5.97 Å². The first-order chi connectivity index (χ1) is 13.1. The highest BCUT2D eigenvalue weighted by atomic mass is 16.5. The lowest BCUT2D eigenvalue weighted by Gasteiger charge is -2.07. The summed E-state index contributed by atoms with van der Waals surface area (Å²) in [5.41, 5.74) is 3.19. The summed E-state index contributed by atoms with van der Waals surface area (Å²) in [7, 11) is 1.57. The molecule has 0 unspecified atom stereocenters. The molecule has 0 fully saturated rings. The van der Waals surface area contributed by atoms with Crippen molar-refractivity contribution >= 4 is 28.5 Å². The van der Waals surface area contributed by atoms with E-state index in [-0.39, 0.29) is 18.9 Å². The molecule has 140 valence electrons. The summed E-state index contributed by atoms with van der Waals surface area (Å²) < 4.78 is 15.7. The van der Waals surface area contributed by atoms with Crippen molar-refractivity contribution in [2.75, 3.05) is 19.0 Å². The molecule has 0 atom stereocenters. The van der Waals surface area contributed by atoms with Gasteiger partial charge in [-0.25, -0.2) is 0 Å². The fraction of sp³-hybridized carbons (Fsp3) is 0.238. The van der Waals surface area contributed by atoms with Crippen LogP contribution in [0.4, 0.5) is 5.69 Å². The minimum Gasteiger partial charge on any atom is -0.497 e. The second-order valence-corrected chi connectivity index (χ2v) is 6.06. The van der Waals surface area contributed by atoms with E-state index in [1.165, 1.54) is 11.8 Å². The predicted molar refractivity (Wildman–Crippen MR) is 102 cm³/mol. The van der Waals surface area contributed by atoms with Crippen molar-refractivity contribution in [2.24, 2.45) is 0 Å². The smallest absolute Gasteiger partial charge is 0.310 e. The Morgan fingerprint density at radius 3 is 2.59 bits per heavy atom. The van der Waals surface area contributed by atoms with E-state index in [4.69, 9.17) is 13.9 Å². The number of carbonyl (C=O) groups is 2. The second kappa shape index (κ2) is 8.40. The molecule has 1 amide bonds. The van der Waals surface area contributed by atoms with Gasteiger partial charge in [0.2, 0.25) is 0 Å². The average Bonchev–Trinajstić information content (AvgIpc) is 3.09. The SMILES string of the molecule is CCc1ccc(NC(=O)COC(=O)Cc2coc3cc(OC)ccc23)cc1. The zero-order chi connectivity index (χ0) is 19.2. The van der Waals surface area contributed by atoms with Crippen LogP contribution in [0.1, 0.15) is 18.1 Å². The Labute approximate surface area is 157 Å². The van der Waals surface area contributed by atoms with E-state index >= 15 is 0 Å². The number of carbonyl (C=O) groups excluding carboxylic acids is 2. The molecule has 0 aliphatic rings. The largest absolute Gasteiger partial charge is 0.497 e. The highest BCUT2D eigenvalue weighted by molar-refractivity contribution is 5.93. The molecule has 0 saturated carbocycles. The summed E-state index contributed by atoms with van der Waals surface area (Å²) in [6.45, 7) is 1.73. The molecule has 27 heavy (non-hydrogen) atoms. The Balaban J connectivity index is 1.52. The van der Waals surface area contributed by atoms with E-state index in [1.54, 1.807) is 19.2 Å². The number of hydrogen-bond acceptors (Lipinski definition) is 5. The minimum atomic E-state index is -0.495. The number of furan rings is 1. The summed E-state index contributed by atoms with van der Waals surface area (Å²) in [6.07, 6.45) is 2.47. The lowest BCUT2D eigenvalue weighted by atomic mass is 10.1. The first kappa shape index (κ1) is 18.5. The van der Waals surface area contributed by atoms with Gasteiger partial charge in [-0.1, -0.05) is 19.1 Å². The summed E-state index contributed by atoms with van der Waals surface area (Å²) in [4.78, 5) is 24.0. The monoisotopic (exact) mass is 367 g/mol. The summed E-state index contributed by atoms with van der Waals surface area (Å²) in [5, 5.41) is 3.51. The van der Waals surface area contributed by atoms with Crippen molar-refractivity contribution in [3.8, 4) is 5.75 Å². The molecule has 0 aliphatic carbocycles. The molecule has 3 rings (SSSR count). The Morgan fingerprint density at radius 2 is 1.89 bits per heavy atom. The predicted octanol–water partition coefficient (Wildman–Crippen LogP) is 3.73. The average molecular weight is 367 g/mol. The molecule has 0 bridgehead atoms. The zero-order valence-electron chi connectivity index (χ0n) is 15.3. The molecule has 6 heteroatoms. The van der Waals surface area contributed by atoms with Crippen molar-refractivity contribution in [1.29, 1.82) is 0 Å². The van der Waals surface area contributed by atoms with E-state index in [0.29, 0.717) is 22.6 Å². The van der Waals surface area contributed by atoms with Gasteiger partial charge < -0.3 is 19.2 Å². The van der Waals surface area contributed by atoms with Crippen molar-refractivity contribution in [1.82, 2.24) is 0 Å². The van der Waals surface area contributed by atoms with E-state index in [2.05, 4.69) is 12.2 Å². The van der Waals surface area contributed by atoms with Crippen LogP contribution in [0, 0.1) is 0 Å². The Hall–Kier alpha value is -3.28. The van der Waals surface area contributed by atoms with Crippen LogP contribution in [0.3, 0.4) is 0 Å². The molecular formula is C21H21NO5. The van der Waals surface area contributed by atoms with Gasteiger partial charge in [0.05, 0.1) is 19.8 Å². The Morgan fingerprint density at radius 1 is 1.11 bits per heavy atom. The third-order valence-electron chi connectivity index (χ3n) is 4.21. The quantitative estimate of drug-likeness (QED) is 0.644. The second-order valence-electron chi connectivity index (χ2n) is 6.06. The zero-order valence-corrected chi connectivity index (χ0v) is 15.3. The highest BCUT2D eigenvalue weighted by Gasteiger charge is 2.13. The fourth-order valence-corrected chi connectivity index (χ4v) is 2.70. The molecule has 3 aromatic rings. The summed E-state index contributed by atoms with van der Waals surface area (Å²) in [5.74, 6) is -0.200. The van der Waals surface area contributed by atoms with E-state index in [1.807, 2.05) is 30.3 Å². The number of nitrogens with one attached hydrogen (secondary N) is 1. The number of amides is 1. The van der Waals surface area contributed by atoms with Gasteiger partial charge in [0, 0.05) is 22.7 Å². The summed E-state index contributed by atoms with van der Waals surface area (Å²) >= 11 is 0. The number of rotatable bonds is 7. The molecule has 6 nitrogen and oxygen atoms in total. The summed E-state index contributed by atoms with van der Waals surface area (Å²) in [6, 6.07) is 12.9. The molecule has 0 aliphatic heterocycles. The number of aryl methyl sites for hydroxylation is 1. The van der Waals surface area contributed by atoms with Crippen LogP contribution in [-0.4, -0.2) is 25.6 Å².